The van der Waals surface area contributed by atoms with Crippen LogP contribution in [-0.2, 0) is 25.9 Å². The number of aliphatic hydroxyl groups excluding tert-OH is 1. The van der Waals surface area contributed by atoms with E-state index in [2.05, 4.69) is 20.9 Å². The summed E-state index contributed by atoms with van der Waals surface area (Å²) in [5, 5.41) is 12.8. The third-order valence-corrected chi connectivity index (χ3v) is 10.6. The molecule has 0 radical (unpaired) electrons. The van der Waals surface area contributed by atoms with Gasteiger partial charge in [-0.05, 0) is 71.8 Å². The number of aliphatic imine (C=N–C) groups is 1. The number of hydrogen-bond donors (Lipinski definition) is 3. The van der Waals surface area contributed by atoms with Crippen molar-refractivity contribution in [2.75, 3.05) is 25.5 Å². The van der Waals surface area contributed by atoms with E-state index in [0.29, 0.717) is 47.9 Å². The van der Waals surface area contributed by atoms with E-state index in [1.165, 1.54) is 18.6 Å². The van der Waals surface area contributed by atoms with Gasteiger partial charge in [0.2, 0.25) is 5.90 Å². The molecule has 1 saturated carbocycles. The lowest BCUT2D eigenvalue weighted by Gasteiger charge is -2.32. The fourth-order valence-electron chi connectivity index (χ4n) is 6.20. The van der Waals surface area contributed by atoms with Gasteiger partial charge in [-0.2, -0.15) is 0 Å². The van der Waals surface area contributed by atoms with Crippen molar-refractivity contribution in [2.45, 2.75) is 68.0 Å². The first-order valence-corrected chi connectivity index (χ1v) is 18.0. The second-order valence-corrected chi connectivity index (χ2v) is 14.2. The van der Waals surface area contributed by atoms with Crippen LogP contribution in [0, 0.1) is 5.92 Å². The molecule has 48 heavy (non-hydrogen) atoms. The van der Waals surface area contributed by atoms with Gasteiger partial charge in [0.05, 0.1) is 23.8 Å². The minimum atomic E-state index is -3.81. The molecule has 2 aliphatic rings. The van der Waals surface area contributed by atoms with E-state index in [4.69, 9.17) is 25.1 Å². The van der Waals surface area contributed by atoms with Crippen LogP contribution in [0.25, 0.3) is 10.4 Å². The van der Waals surface area contributed by atoms with Crippen LogP contribution in [0.2, 0.25) is 0 Å². The van der Waals surface area contributed by atoms with Gasteiger partial charge in [0.1, 0.15) is 5.75 Å². The standard InChI is InChI=1S/C35H42N6O6S/c36-41-38-25-28-12-7-8-15-31(28)32-35(20-23-48(44,45)30-13-5-2-6-14-30,34(43)40-37-24-26-10-3-1-4-11-26)39-33(47-32)27-16-18-29(19-17-27)46-22-9-21-42/h2,5-8,12-19,26,32,37,42H,1,3-4,9-11,20-25H2,(H,40,43)/t32-,35-/m0/s1. The topological polar surface area (TPSA) is 175 Å². The van der Waals surface area contributed by atoms with E-state index < -0.39 is 27.4 Å². The molecule has 3 N–H and O–H groups in total. The third kappa shape index (κ3) is 8.53. The maximum absolute atomic E-state index is 14.5. The lowest BCUT2D eigenvalue weighted by molar-refractivity contribution is -0.130. The molecule has 1 amide bonds. The van der Waals surface area contributed by atoms with Crippen LogP contribution in [0.15, 0.2) is 93.9 Å². The Kier molecular flexibility index (Phi) is 12.1. The highest BCUT2D eigenvalue weighted by Gasteiger charge is 2.54. The predicted octanol–water partition coefficient (Wildman–Crippen LogP) is 5.58. The normalized spacial score (nSPS) is 19.5. The summed E-state index contributed by atoms with van der Waals surface area (Å²) in [4.78, 5) is 22.5. The number of nitrogens with zero attached hydrogens (tertiary/aromatic N) is 4. The van der Waals surface area contributed by atoms with Gasteiger partial charge >= 0.3 is 0 Å². The van der Waals surface area contributed by atoms with Crippen molar-refractivity contribution in [3.8, 4) is 5.75 Å². The number of carbonyl (C=O) groups is 1. The summed E-state index contributed by atoms with van der Waals surface area (Å²) in [6.45, 7) is 0.953. The number of carbonyl (C=O) groups excluding carboxylic acids is 1. The molecule has 1 fully saturated rings. The summed E-state index contributed by atoms with van der Waals surface area (Å²) >= 11 is 0. The highest BCUT2D eigenvalue weighted by atomic mass is 32.2. The molecule has 0 aromatic heterocycles. The molecule has 2 atom stereocenters. The van der Waals surface area contributed by atoms with Crippen LogP contribution in [0.1, 0.15) is 67.7 Å². The van der Waals surface area contributed by atoms with Crippen molar-refractivity contribution in [3.63, 3.8) is 0 Å². The second kappa shape index (κ2) is 16.6. The van der Waals surface area contributed by atoms with Crippen molar-refractivity contribution in [1.29, 1.82) is 0 Å². The first-order valence-electron chi connectivity index (χ1n) is 16.4. The Morgan fingerprint density at radius 3 is 2.50 bits per heavy atom. The lowest BCUT2D eigenvalue weighted by atomic mass is 9.83. The van der Waals surface area contributed by atoms with Crippen LogP contribution in [0.5, 0.6) is 5.75 Å². The van der Waals surface area contributed by atoms with Crippen molar-refractivity contribution in [3.05, 3.63) is 106 Å². The van der Waals surface area contributed by atoms with Gasteiger partial charge in [0.15, 0.2) is 21.5 Å². The molecule has 1 aliphatic heterocycles. The Balaban J connectivity index is 1.54. The summed E-state index contributed by atoms with van der Waals surface area (Å²) in [6.07, 6.45) is 4.93. The molecule has 0 saturated heterocycles. The molecular formula is C35H42N6O6S. The molecule has 1 aliphatic carbocycles. The number of rotatable bonds is 16. The zero-order valence-electron chi connectivity index (χ0n) is 26.8. The molecule has 3 aromatic carbocycles. The fraction of sp³-hybridized carbons (Fsp3) is 0.429. The Morgan fingerprint density at radius 2 is 1.77 bits per heavy atom. The largest absolute Gasteiger partial charge is 0.494 e. The second-order valence-electron chi connectivity index (χ2n) is 12.1. The van der Waals surface area contributed by atoms with Crippen molar-refractivity contribution < 1.29 is 27.8 Å². The van der Waals surface area contributed by atoms with Crippen LogP contribution in [0.3, 0.4) is 0 Å². The maximum atomic E-state index is 14.5. The summed E-state index contributed by atoms with van der Waals surface area (Å²) in [6, 6.07) is 22.3. The van der Waals surface area contributed by atoms with Gasteiger partial charge in [0.25, 0.3) is 5.91 Å². The van der Waals surface area contributed by atoms with Gasteiger partial charge < -0.3 is 14.6 Å². The number of amides is 1. The number of benzene rings is 3. The number of ether oxygens (including phenoxy) is 2. The summed E-state index contributed by atoms with van der Waals surface area (Å²) < 4.78 is 39.4. The predicted molar refractivity (Wildman–Crippen MR) is 182 cm³/mol. The molecule has 0 bridgehead atoms. The van der Waals surface area contributed by atoms with Gasteiger partial charge in [-0.25, -0.2) is 18.8 Å². The number of nitrogens with one attached hydrogen (secondary N) is 2. The van der Waals surface area contributed by atoms with E-state index in [1.54, 1.807) is 66.7 Å². The average molecular weight is 675 g/mol. The average Bonchev–Trinajstić information content (AvgIpc) is 3.52. The summed E-state index contributed by atoms with van der Waals surface area (Å²) in [5.74, 6) is 0.279. The minimum absolute atomic E-state index is 0.00167. The van der Waals surface area contributed by atoms with Crippen molar-refractivity contribution in [1.82, 2.24) is 10.9 Å². The molecule has 254 valence electrons. The Morgan fingerprint density at radius 1 is 1.04 bits per heavy atom. The zero-order chi connectivity index (χ0) is 33.8. The lowest BCUT2D eigenvalue weighted by Crippen LogP contribution is -2.54. The summed E-state index contributed by atoms with van der Waals surface area (Å²) in [7, 11) is -3.81. The van der Waals surface area contributed by atoms with Crippen molar-refractivity contribution in [2.24, 2.45) is 16.0 Å². The van der Waals surface area contributed by atoms with Gasteiger partial charge in [-0.15, -0.1) is 0 Å². The quantitative estimate of drug-likeness (QED) is 0.0584. The van der Waals surface area contributed by atoms with Gasteiger partial charge in [-0.3, -0.25) is 10.2 Å². The highest BCUT2D eigenvalue weighted by Crippen LogP contribution is 2.44. The van der Waals surface area contributed by atoms with Crippen LogP contribution in [0.4, 0.5) is 0 Å². The van der Waals surface area contributed by atoms with Gasteiger partial charge in [0, 0.05) is 36.5 Å². The third-order valence-electron chi connectivity index (χ3n) is 8.84. The van der Waals surface area contributed by atoms with E-state index >= 15 is 0 Å². The van der Waals surface area contributed by atoms with Crippen molar-refractivity contribution >= 4 is 21.6 Å². The fourth-order valence-corrected chi connectivity index (χ4v) is 7.59. The Bertz CT molecular complexity index is 1710. The van der Waals surface area contributed by atoms with E-state index in [0.717, 1.165) is 25.7 Å². The smallest absolute Gasteiger partial charge is 0.266 e. The van der Waals surface area contributed by atoms with Crippen LogP contribution in [-0.4, -0.2) is 56.4 Å². The molecule has 0 unspecified atom stereocenters. The first-order chi connectivity index (χ1) is 23.4. The van der Waals surface area contributed by atoms with Gasteiger partial charge in [-0.1, -0.05) is 66.8 Å². The monoisotopic (exact) mass is 674 g/mol. The van der Waals surface area contributed by atoms with E-state index in [1.807, 2.05) is 0 Å². The summed E-state index contributed by atoms with van der Waals surface area (Å²) in [5.41, 5.74) is 15.1. The zero-order valence-corrected chi connectivity index (χ0v) is 27.6. The molecule has 12 nitrogen and oxygen atoms in total. The first kappa shape index (κ1) is 34.9. The molecule has 0 spiro atoms. The van der Waals surface area contributed by atoms with Crippen LogP contribution >= 0.6 is 0 Å². The molecular weight excluding hydrogens is 632 g/mol. The Hall–Kier alpha value is -4.42. The number of sulfone groups is 1. The molecule has 1 heterocycles. The molecule has 3 aromatic rings. The maximum Gasteiger partial charge on any atom is 0.266 e. The highest BCUT2D eigenvalue weighted by molar-refractivity contribution is 7.91. The number of azide groups is 1. The van der Waals surface area contributed by atoms with Crippen LogP contribution < -0.4 is 15.6 Å². The SMILES string of the molecule is [N-]=[N+]=NCc1ccccc1[C@@H]1OC(c2ccc(OCCCO)cc2)=N[C@]1(CCS(=O)(=O)c1ccccc1)C(=O)NNCC1CCCCC1. The minimum Gasteiger partial charge on any atom is -0.494 e. The molecule has 5 rings (SSSR count). The number of hydrogen-bond acceptors (Lipinski definition) is 9. The molecule has 13 heteroatoms. The number of hydrazine groups is 1. The van der Waals surface area contributed by atoms with E-state index in [9.17, 15) is 13.2 Å². The Labute approximate surface area is 281 Å². The number of aliphatic hydroxyl groups is 1. The van der Waals surface area contributed by atoms with E-state index in [-0.39, 0.29) is 36.1 Å².